The van der Waals surface area contributed by atoms with E-state index in [0.29, 0.717) is 6.54 Å². The molecule has 4 heteroatoms. The average molecular weight is 281 g/mol. The van der Waals surface area contributed by atoms with Crippen molar-refractivity contribution in [2.45, 2.75) is 39.2 Å². The third-order valence-electron chi connectivity index (χ3n) is 3.38. The van der Waals surface area contributed by atoms with E-state index < -0.39 is 4.87 Å². The van der Waals surface area contributed by atoms with Crippen molar-refractivity contribution in [2.24, 2.45) is 5.92 Å². The van der Waals surface area contributed by atoms with Gasteiger partial charge in [-0.1, -0.05) is 44.2 Å². The van der Waals surface area contributed by atoms with Crippen LogP contribution in [-0.2, 0) is 11.3 Å². The van der Waals surface area contributed by atoms with Crippen molar-refractivity contribution in [1.82, 2.24) is 4.90 Å². The van der Waals surface area contributed by atoms with Gasteiger partial charge in [-0.05, 0) is 25.3 Å². The van der Waals surface area contributed by atoms with E-state index in [4.69, 9.17) is 4.74 Å². The molecule has 1 rings (SSSR count). The van der Waals surface area contributed by atoms with Crippen molar-refractivity contribution >= 4 is 18.7 Å². The van der Waals surface area contributed by atoms with E-state index >= 15 is 0 Å². The lowest BCUT2D eigenvalue weighted by Crippen LogP contribution is -2.49. The van der Waals surface area contributed by atoms with Crippen molar-refractivity contribution < 1.29 is 9.53 Å². The average Bonchev–Trinajstić information content (AvgIpc) is 2.38. The Bertz CT molecular complexity index is 404. The van der Waals surface area contributed by atoms with Crippen LogP contribution in [0.25, 0.3) is 0 Å². The number of nitrogens with zero attached hydrogens (tertiary/aromatic N) is 1. The molecule has 3 nitrogen and oxygen atoms in total. The zero-order chi connectivity index (χ0) is 14.5. The molecule has 1 unspecified atom stereocenters. The monoisotopic (exact) mass is 281 g/mol. The second-order valence-electron chi connectivity index (χ2n) is 5.03. The predicted molar refractivity (Wildman–Crippen MR) is 81.2 cm³/mol. The van der Waals surface area contributed by atoms with Gasteiger partial charge in [0.1, 0.15) is 6.61 Å². The minimum atomic E-state index is -0.511. The zero-order valence-corrected chi connectivity index (χ0v) is 13.0. The topological polar surface area (TPSA) is 29.5 Å². The highest BCUT2D eigenvalue weighted by molar-refractivity contribution is 7.81. The fourth-order valence-corrected chi connectivity index (χ4v) is 1.97. The molecule has 1 aromatic carbocycles. The van der Waals surface area contributed by atoms with Gasteiger partial charge in [-0.2, -0.15) is 12.6 Å². The first kappa shape index (κ1) is 15.9. The van der Waals surface area contributed by atoms with Crippen molar-refractivity contribution in [3.8, 4) is 0 Å². The van der Waals surface area contributed by atoms with Crippen LogP contribution < -0.4 is 0 Å². The molecule has 1 amide bonds. The third kappa shape index (κ3) is 4.16. The molecule has 0 aliphatic carbocycles. The molecular formula is C15H23NO2S. The molecule has 0 saturated heterocycles. The van der Waals surface area contributed by atoms with Gasteiger partial charge in [0.25, 0.3) is 0 Å². The maximum atomic E-state index is 12.2. The molecule has 0 spiro atoms. The zero-order valence-electron chi connectivity index (χ0n) is 12.1. The number of hydrogen-bond acceptors (Lipinski definition) is 3. The van der Waals surface area contributed by atoms with Gasteiger partial charge in [-0.25, -0.2) is 4.79 Å². The van der Waals surface area contributed by atoms with Crippen molar-refractivity contribution in [2.75, 3.05) is 6.54 Å². The van der Waals surface area contributed by atoms with Gasteiger partial charge in [-0.3, -0.25) is 4.90 Å². The minimum Gasteiger partial charge on any atom is -0.445 e. The van der Waals surface area contributed by atoms with Crippen LogP contribution in [0.3, 0.4) is 0 Å². The van der Waals surface area contributed by atoms with Gasteiger partial charge < -0.3 is 4.74 Å². The molecule has 19 heavy (non-hydrogen) atoms. The molecule has 0 aliphatic heterocycles. The van der Waals surface area contributed by atoms with E-state index in [2.05, 4.69) is 12.6 Å². The summed E-state index contributed by atoms with van der Waals surface area (Å²) in [5.74, 6) is 0.236. The fraction of sp³-hybridized carbons (Fsp3) is 0.533. The van der Waals surface area contributed by atoms with E-state index in [1.54, 1.807) is 4.90 Å². The van der Waals surface area contributed by atoms with Crippen LogP contribution in [0.5, 0.6) is 0 Å². The summed E-state index contributed by atoms with van der Waals surface area (Å²) in [5.41, 5.74) is 0.984. The molecule has 1 aromatic rings. The van der Waals surface area contributed by atoms with E-state index in [-0.39, 0.29) is 18.6 Å². The first-order valence-electron chi connectivity index (χ1n) is 6.60. The smallest absolute Gasteiger partial charge is 0.411 e. The van der Waals surface area contributed by atoms with Gasteiger partial charge in [0.15, 0.2) is 0 Å². The van der Waals surface area contributed by atoms with Crippen LogP contribution >= 0.6 is 12.6 Å². The lowest BCUT2D eigenvalue weighted by Gasteiger charge is -2.39. The van der Waals surface area contributed by atoms with Crippen LogP contribution in [0.2, 0.25) is 0 Å². The Morgan fingerprint density at radius 3 is 2.42 bits per heavy atom. The van der Waals surface area contributed by atoms with E-state index in [9.17, 15) is 4.79 Å². The summed E-state index contributed by atoms with van der Waals surface area (Å²) in [6.07, 6.45) is -0.322. The third-order valence-corrected chi connectivity index (χ3v) is 4.14. The number of carbonyl (C=O) groups is 1. The molecule has 0 heterocycles. The van der Waals surface area contributed by atoms with Gasteiger partial charge in [0.05, 0.1) is 4.87 Å². The number of rotatable bonds is 5. The molecule has 0 N–H and O–H groups in total. The second kappa shape index (κ2) is 6.85. The number of carbonyl (C=O) groups excluding carboxylic acids is 1. The summed E-state index contributed by atoms with van der Waals surface area (Å²) in [6.45, 7) is 8.82. The standard InChI is InChI=1S/C15H23NO2S/c1-5-16(15(4,19)12(2)3)14(17)18-11-13-9-7-6-8-10-13/h6-10,12,19H,5,11H2,1-4H3. The maximum absolute atomic E-state index is 12.2. The summed E-state index contributed by atoms with van der Waals surface area (Å²) in [4.78, 5) is 13.3. The normalized spacial score (nSPS) is 14.0. The molecule has 0 fully saturated rings. The number of thiol groups is 1. The first-order chi connectivity index (χ1) is 8.89. The van der Waals surface area contributed by atoms with E-state index in [1.807, 2.05) is 58.0 Å². The van der Waals surface area contributed by atoms with Crippen LogP contribution in [-0.4, -0.2) is 22.4 Å². The molecule has 1 atom stereocenters. The maximum Gasteiger partial charge on any atom is 0.411 e. The highest BCUT2D eigenvalue weighted by atomic mass is 32.1. The van der Waals surface area contributed by atoms with Gasteiger partial charge in [0.2, 0.25) is 0 Å². The van der Waals surface area contributed by atoms with Crippen molar-refractivity contribution in [3.05, 3.63) is 35.9 Å². The summed E-state index contributed by atoms with van der Waals surface area (Å²) in [6, 6.07) is 9.67. The number of hydrogen-bond donors (Lipinski definition) is 1. The lowest BCUT2D eigenvalue weighted by atomic mass is 10.0. The fourth-order valence-electron chi connectivity index (χ4n) is 1.74. The van der Waals surface area contributed by atoms with E-state index in [0.717, 1.165) is 5.56 Å². The first-order valence-corrected chi connectivity index (χ1v) is 7.05. The molecule has 0 saturated carbocycles. The quantitative estimate of drug-likeness (QED) is 0.654. The summed E-state index contributed by atoms with van der Waals surface area (Å²) < 4.78 is 5.36. The molecule has 0 bridgehead atoms. The molecular weight excluding hydrogens is 258 g/mol. The van der Waals surface area contributed by atoms with Crippen LogP contribution in [0.15, 0.2) is 30.3 Å². The molecule has 0 aromatic heterocycles. The van der Waals surface area contributed by atoms with Gasteiger partial charge >= 0.3 is 6.09 Å². The van der Waals surface area contributed by atoms with Crippen LogP contribution in [0.4, 0.5) is 4.79 Å². The molecule has 0 radical (unpaired) electrons. The largest absolute Gasteiger partial charge is 0.445 e. The summed E-state index contributed by atoms with van der Waals surface area (Å²) in [5, 5.41) is 0. The highest BCUT2D eigenvalue weighted by Crippen LogP contribution is 2.29. The Labute approximate surface area is 121 Å². The number of ether oxygens (including phenoxy) is 1. The van der Waals surface area contributed by atoms with Crippen LogP contribution in [0, 0.1) is 5.92 Å². The summed E-state index contributed by atoms with van der Waals surface area (Å²) in [7, 11) is 0. The van der Waals surface area contributed by atoms with Crippen LogP contribution in [0.1, 0.15) is 33.3 Å². The van der Waals surface area contributed by atoms with Gasteiger partial charge in [0, 0.05) is 6.54 Å². The summed E-state index contributed by atoms with van der Waals surface area (Å²) >= 11 is 4.60. The highest BCUT2D eigenvalue weighted by Gasteiger charge is 2.34. The minimum absolute atomic E-state index is 0.236. The lowest BCUT2D eigenvalue weighted by molar-refractivity contribution is 0.0684. The Morgan fingerprint density at radius 1 is 1.37 bits per heavy atom. The van der Waals surface area contributed by atoms with E-state index in [1.165, 1.54) is 0 Å². The van der Waals surface area contributed by atoms with Gasteiger partial charge in [-0.15, -0.1) is 0 Å². The Balaban J connectivity index is 2.65. The number of amides is 1. The van der Waals surface area contributed by atoms with Crippen molar-refractivity contribution in [1.29, 1.82) is 0 Å². The number of benzene rings is 1. The Morgan fingerprint density at radius 2 is 1.95 bits per heavy atom. The Hall–Kier alpha value is -1.16. The Kier molecular flexibility index (Phi) is 5.73. The SMILES string of the molecule is CCN(C(=O)OCc1ccccc1)C(C)(S)C(C)C. The molecule has 106 valence electrons. The second-order valence-corrected chi connectivity index (χ2v) is 5.94. The predicted octanol–water partition coefficient (Wildman–Crippen LogP) is 3.95. The van der Waals surface area contributed by atoms with Crippen molar-refractivity contribution in [3.63, 3.8) is 0 Å². The molecule has 0 aliphatic rings.